The first-order chi connectivity index (χ1) is 8.62. The number of hydrogen-bond donors (Lipinski definition) is 2. The lowest BCUT2D eigenvalue weighted by molar-refractivity contribution is 0.209. The Labute approximate surface area is 121 Å². The van der Waals surface area contributed by atoms with Crippen LogP contribution in [0.15, 0.2) is 24.3 Å². The van der Waals surface area contributed by atoms with Gasteiger partial charge in [0.2, 0.25) is 0 Å². The molecule has 3 nitrogen and oxygen atoms in total. The minimum atomic E-state index is -0.326. The van der Waals surface area contributed by atoms with Crippen LogP contribution in [0, 0.1) is 0 Å². The molecule has 0 unspecified atom stereocenters. The molecular weight excluding hydrogens is 258 g/mol. The van der Waals surface area contributed by atoms with Gasteiger partial charge >= 0.3 is 7.05 Å². The molecule has 1 fully saturated rings. The van der Waals surface area contributed by atoms with Gasteiger partial charge in [-0.3, -0.25) is 0 Å². The molecule has 5 heteroatoms. The molecule has 1 aromatic rings. The molecule has 3 rings (SSSR count). The van der Waals surface area contributed by atoms with E-state index in [-0.39, 0.29) is 30.9 Å². The van der Waals surface area contributed by atoms with E-state index < -0.39 is 0 Å². The summed E-state index contributed by atoms with van der Waals surface area (Å²) in [6.45, 7) is 3.80. The number of hydrogen-bond acceptors (Lipinski definition) is 3. The monoisotopic (exact) mass is 280 g/mol. The topological polar surface area (TPSA) is 49.5 Å². The molecule has 0 aromatic heterocycles. The zero-order chi connectivity index (χ0) is 12.8. The predicted octanol–water partition coefficient (Wildman–Crippen LogP) is 1.96. The Morgan fingerprint density at radius 1 is 1.32 bits per heavy atom. The quantitative estimate of drug-likeness (QED) is 0.773. The normalized spacial score (nSPS) is 24.9. The van der Waals surface area contributed by atoms with Crippen molar-refractivity contribution < 1.29 is 5.02 Å². The molecule has 0 amide bonds. The minimum Gasteiger partial charge on any atom is -0.437 e. The number of nitrogens with two attached hydrogens (primary N) is 1. The van der Waals surface area contributed by atoms with Crippen molar-refractivity contribution >= 4 is 19.5 Å². The Hall–Kier alpha value is -0.545. The molecule has 1 aliphatic heterocycles. The van der Waals surface area contributed by atoms with E-state index in [0.717, 1.165) is 32.4 Å². The maximum Gasteiger partial charge on any atom is 0.376 e. The number of nitrogens with zero attached hydrogens (tertiary/aromatic N) is 1. The number of rotatable bonds is 1. The fourth-order valence-corrected chi connectivity index (χ4v) is 3.74. The van der Waals surface area contributed by atoms with Crippen molar-refractivity contribution in [2.24, 2.45) is 5.73 Å². The molecule has 0 radical (unpaired) electrons. The van der Waals surface area contributed by atoms with Crippen molar-refractivity contribution in [3.05, 3.63) is 35.4 Å². The maximum atomic E-state index is 9.66. The van der Waals surface area contributed by atoms with Gasteiger partial charge in [-0.15, -0.1) is 12.4 Å². The van der Waals surface area contributed by atoms with Crippen LogP contribution in [0.1, 0.15) is 36.4 Å². The van der Waals surface area contributed by atoms with Crippen LogP contribution in [0.25, 0.3) is 0 Å². The predicted molar refractivity (Wildman–Crippen MR) is 81.6 cm³/mol. The molecule has 2 aliphatic rings. The number of fused-ring (bicyclic) bond motifs is 2. The number of halogens is 1. The molecular formula is C14H22BClN2O. The third-order valence-corrected chi connectivity index (χ3v) is 4.83. The summed E-state index contributed by atoms with van der Waals surface area (Å²) >= 11 is 0. The number of benzene rings is 1. The molecule has 1 saturated heterocycles. The summed E-state index contributed by atoms with van der Waals surface area (Å²) in [5, 5.41) is 9.66. The van der Waals surface area contributed by atoms with Crippen LogP contribution in [0.5, 0.6) is 0 Å². The van der Waals surface area contributed by atoms with Crippen LogP contribution < -0.4 is 5.73 Å². The SMILES string of the molecule is CB(O)N1CCC2(CC1)C[C@@H](N)c1ccccc12.Cl. The van der Waals surface area contributed by atoms with E-state index in [1.165, 1.54) is 11.1 Å². The van der Waals surface area contributed by atoms with Crippen LogP contribution in [-0.4, -0.2) is 30.0 Å². The summed E-state index contributed by atoms with van der Waals surface area (Å²) in [4.78, 5) is 2.15. The smallest absolute Gasteiger partial charge is 0.376 e. The second kappa shape index (κ2) is 5.45. The van der Waals surface area contributed by atoms with Gasteiger partial charge in [-0.2, -0.15) is 0 Å². The van der Waals surface area contributed by atoms with Crippen molar-refractivity contribution in [1.29, 1.82) is 0 Å². The second-order valence-corrected chi connectivity index (χ2v) is 5.85. The van der Waals surface area contributed by atoms with Gasteiger partial charge in [-0.1, -0.05) is 24.3 Å². The zero-order valence-electron chi connectivity index (χ0n) is 11.4. The van der Waals surface area contributed by atoms with Crippen molar-refractivity contribution in [2.45, 2.75) is 37.5 Å². The lowest BCUT2D eigenvalue weighted by atomic mass is 9.70. The van der Waals surface area contributed by atoms with Crippen molar-refractivity contribution in [2.75, 3.05) is 13.1 Å². The van der Waals surface area contributed by atoms with E-state index in [2.05, 4.69) is 29.1 Å². The molecule has 19 heavy (non-hydrogen) atoms. The van der Waals surface area contributed by atoms with Gasteiger partial charge in [0.25, 0.3) is 0 Å². The third-order valence-electron chi connectivity index (χ3n) is 4.83. The standard InChI is InChI=1S/C14H21BN2O.ClH/c1-15(18)17-8-6-14(7-9-17)10-13(16)11-4-2-3-5-12(11)14;/h2-5,13,18H,6-10,16H2,1H3;1H/t13-;/m1./s1. The molecule has 1 spiro atoms. The highest BCUT2D eigenvalue weighted by Gasteiger charge is 2.44. The average molecular weight is 281 g/mol. The Morgan fingerprint density at radius 2 is 1.95 bits per heavy atom. The van der Waals surface area contributed by atoms with Crippen LogP contribution in [0.4, 0.5) is 0 Å². The molecule has 1 aromatic carbocycles. The van der Waals surface area contributed by atoms with E-state index in [9.17, 15) is 5.02 Å². The second-order valence-electron chi connectivity index (χ2n) is 5.85. The summed E-state index contributed by atoms with van der Waals surface area (Å²) in [6, 6.07) is 8.83. The highest BCUT2D eigenvalue weighted by Crippen LogP contribution is 2.49. The lowest BCUT2D eigenvalue weighted by Crippen LogP contribution is -2.47. The fourth-order valence-electron chi connectivity index (χ4n) is 3.74. The van der Waals surface area contributed by atoms with E-state index in [0.29, 0.717) is 0 Å². The van der Waals surface area contributed by atoms with Crippen molar-refractivity contribution in [3.63, 3.8) is 0 Å². The Balaban J connectivity index is 0.00000133. The summed E-state index contributed by atoms with van der Waals surface area (Å²) in [5.41, 5.74) is 9.35. The largest absolute Gasteiger partial charge is 0.437 e. The maximum absolute atomic E-state index is 9.66. The molecule has 0 bridgehead atoms. The van der Waals surface area contributed by atoms with E-state index >= 15 is 0 Å². The first-order valence-corrected chi connectivity index (χ1v) is 6.89. The fraction of sp³-hybridized carbons (Fsp3) is 0.571. The van der Waals surface area contributed by atoms with Gasteiger partial charge in [-0.05, 0) is 55.7 Å². The Kier molecular flexibility index (Phi) is 4.26. The first-order valence-electron chi connectivity index (χ1n) is 6.89. The summed E-state index contributed by atoms with van der Waals surface area (Å²) < 4.78 is 0. The molecule has 1 atom stereocenters. The van der Waals surface area contributed by atoms with Gasteiger partial charge in [0.15, 0.2) is 0 Å². The van der Waals surface area contributed by atoms with Crippen molar-refractivity contribution in [3.8, 4) is 0 Å². The van der Waals surface area contributed by atoms with Gasteiger partial charge in [0, 0.05) is 6.04 Å². The van der Waals surface area contributed by atoms with Gasteiger partial charge < -0.3 is 15.6 Å². The molecule has 0 saturated carbocycles. The minimum absolute atomic E-state index is 0. The third kappa shape index (κ3) is 2.43. The molecule has 104 valence electrons. The summed E-state index contributed by atoms with van der Waals surface area (Å²) in [6.07, 6.45) is 3.30. The average Bonchev–Trinajstić information content (AvgIpc) is 2.64. The lowest BCUT2D eigenvalue weighted by Gasteiger charge is -2.40. The van der Waals surface area contributed by atoms with Crippen LogP contribution in [0.2, 0.25) is 6.82 Å². The van der Waals surface area contributed by atoms with Crippen molar-refractivity contribution in [1.82, 2.24) is 4.81 Å². The van der Waals surface area contributed by atoms with Gasteiger partial charge in [0.05, 0.1) is 0 Å². The zero-order valence-corrected chi connectivity index (χ0v) is 12.2. The van der Waals surface area contributed by atoms with Crippen LogP contribution in [0.3, 0.4) is 0 Å². The van der Waals surface area contributed by atoms with Crippen LogP contribution in [-0.2, 0) is 5.41 Å². The highest BCUT2D eigenvalue weighted by molar-refractivity contribution is 6.45. The van der Waals surface area contributed by atoms with Crippen LogP contribution >= 0.6 is 12.4 Å². The van der Waals surface area contributed by atoms with Gasteiger partial charge in [-0.25, -0.2) is 0 Å². The number of piperidine rings is 1. The summed E-state index contributed by atoms with van der Waals surface area (Å²) in [5.74, 6) is 0. The molecule has 1 aliphatic carbocycles. The van der Waals surface area contributed by atoms with E-state index in [1.807, 2.05) is 6.82 Å². The Morgan fingerprint density at radius 3 is 2.58 bits per heavy atom. The molecule has 1 heterocycles. The Bertz CT molecular complexity index is 447. The summed E-state index contributed by atoms with van der Waals surface area (Å²) in [7, 11) is -0.326. The first kappa shape index (κ1) is 14.9. The molecule has 3 N–H and O–H groups in total. The van der Waals surface area contributed by atoms with Gasteiger partial charge in [0.1, 0.15) is 0 Å². The van der Waals surface area contributed by atoms with E-state index in [1.54, 1.807) is 0 Å². The van der Waals surface area contributed by atoms with E-state index in [4.69, 9.17) is 5.73 Å². The highest BCUT2D eigenvalue weighted by atomic mass is 35.5.